The Bertz CT molecular complexity index is 210. The molecule has 0 saturated carbocycles. The zero-order chi connectivity index (χ0) is 10.3. The number of carbonyl (C=O) groups excluding carboxylic acids is 1. The fraction of sp³-hybridized carbons (Fsp3) is 0.600. The van der Waals surface area contributed by atoms with E-state index in [9.17, 15) is 14.5 Å². The number of nitrogens with zero attached hydrogens (tertiary/aromatic N) is 1. The molecule has 0 aliphatic rings. The molecule has 0 fully saturated rings. The number of hydrogen-bond donors (Lipinski definition) is 4. The lowest BCUT2D eigenvalue weighted by atomic mass is 10.3. The Kier molecular flexibility index (Phi) is 5.60. The molecule has 7 nitrogen and oxygen atoms in total. The summed E-state index contributed by atoms with van der Waals surface area (Å²) in [4.78, 5) is 30.7. The Morgan fingerprint density at radius 2 is 2.15 bits per heavy atom. The van der Waals surface area contributed by atoms with Crippen molar-refractivity contribution < 1.29 is 14.7 Å². The fourth-order valence-electron chi connectivity index (χ4n) is 0.532. The van der Waals surface area contributed by atoms with E-state index < -0.39 is 24.5 Å². The van der Waals surface area contributed by atoms with Gasteiger partial charge in [-0.3, -0.25) is 15.0 Å². The lowest BCUT2D eigenvalue weighted by Gasteiger charge is -2.10. The molecule has 1 atom stereocenters. The van der Waals surface area contributed by atoms with Gasteiger partial charge in [0.2, 0.25) is 5.91 Å². The molecule has 13 heavy (non-hydrogen) atoms. The summed E-state index contributed by atoms with van der Waals surface area (Å²) in [6.45, 7) is -0.496. The van der Waals surface area contributed by atoms with Crippen molar-refractivity contribution in [2.75, 3.05) is 12.3 Å². The van der Waals surface area contributed by atoms with E-state index in [1.54, 1.807) is 0 Å². The quantitative estimate of drug-likeness (QED) is 0.247. The van der Waals surface area contributed by atoms with Gasteiger partial charge in [0.25, 0.3) is 0 Å². The largest absolute Gasteiger partial charge is 0.480 e. The maximum absolute atomic E-state index is 11.0. The van der Waals surface area contributed by atoms with E-state index in [0.29, 0.717) is 0 Å². The number of hydrogen-bond acceptors (Lipinski definition) is 5. The number of amides is 1. The van der Waals surface area contributed by atoms with Crippen molar-refractivity contribution in [3.8, 4) is 0 Å². The fourth-order valence-corrected chi connectivity index (χ4v) is 0.779. The van der Waals surface area contributed by atoms with Gasteiger partial charge in [-0.2, -0.15) is 12.6 Å². The third-order valence-electron chi connectivity index (χ3n) is 1.12. The van der Waals surface area contributed by atoms with Gasteiger partial charge in [-0.15, -0.1) is 4.91 Å². The van der Waals surface area contributed by atoms with Gasteiger partial charge in [-0.1, -0.05) is 0 Å². The summed E-state index contributed by atoms with van der Waals surface area (Å²) >= 11 is 3.76. The topological polar surface area (TPSA) is 108 Å². The van der Waals surface area contributed by atoms with Gasteiger partial charge in [0.1, 0.15) is 12.6 Å². The Morgan fingerprint density at radius 3 is 2.54 bits per heavy atom. The van der Waals surface area contributed by atoms with E-state index in [0.717, 1.165) is 0 Å². The summed E-state index contributed by atoms with van der Waals surface area (Å²) in [5.74, 6) is -1.74. The highest BCUT2D eigenvalue weighted by molar-refractivity contribution is 7.80. The highest BCUT2D eigenvalue weighted by atomic mass is 32.1. The number of nitroso groups, excluding NO2 is 1. The van der Waals surface area contributed by atoms with Crippen LogP contribution in [0, 0.1) is 4.91 Å². The van der Waals surface area contributed by atoms with Crippen LogP contribution in [0.25, 0.3) is 0 Å². The van der Waals surface area contributed by atoms with Gasteiger partial charge >= 0.3 is 5.97 Å². The Hall–Kier alpha value is -1.31. The van der Waals surface area contributed by atoms with Crippen molar-refractivity contribution in [3.63, 3.8) is 0 Å². The van der Waals surface area contributed by atoms with E-state index >= 15 is 0 Å². The second kappa shape index (κ2) is 6.23. The number of carbonyl (C=O) groups is 2. The van der Waals surface area contributed by atoms with E-state index in [4.69, 9.17) is 5.11 Å². The monoisotopic (exact) mass is 207 g/mol. The molecule has 1 amide bonds. The summed E-state index contributed by atoms with van der Waals surface area (Å²) < 4.78 is 0. The van der Waals surface area contributed by atoms with Crippen LogP contribution in [0.1, 0.15) is 0 Å². The molecule has 0 aliphatic carbocycles. The minimum Gasteiger partial charge on any atom is -0.480 e. The average Bonchev–Trinajstić information content (AvgIpc) is 2.10. The summed E-state index contributed by atoms with van der Waals surface area (Å²) in [5.41, 5.74) is 1.94. The van der Waals surface area contributed by atoms with E-state index in [-0.39, 0.29) is 5.75 Å². The first kappa shape index (κ1) is 11.7. The summed E-state index contributed by atoms with van der Waals surface area (Å²) in [7, 11) is 0. The van der Waals surface area contributed by atoms with E-state index in [2.05, 4.69) is 23.2 Å². The molecule has 3 N–H and O–H groups in total. The highest BCUT2D eigenvalue weighted by Gasteiger charge is 2.16. The first-order valence-electron chi connectivity index (χ1n) is 3.30. The molecule has 0 saturated heterocycles. The van der Waals surface area contributed by atoms with Crippen molar-refractivity contribution in [3.05, 3.63) is 4.91 Å². The van der Waals surface area contributed by atoms with Crippen molar-refractivity contribution in [2.24, 2.45) is 5.29 Å². The molecule has 0 rings (SSSR count). The van der Waals surface area contributed by atoms with Crippen LogP contribution in [0.4, 0.5) is 0 Å². The molecule has 0 unspecified atom stereocenters. The highest BCUT2D eigenvalue weighted by Crippen LogP contribution is 1.87. The van der Waals surface area contributed by atoms with Crippen LogP contribution in [-0.4, -0.2) is 35.3 Å². The van der Waals surface area contributed by atoms with Crippen LogP contribution >= 0.6 is 12.6 Å². The molecular weight excluding hydrogens is 198 g/mol. The zero-order valence-electron chi connectivity index (χ0n) is 6.56. The number of carboxylic acid groups (broad SMARTS) is 1. The second-order valence-corrected chi connectivity index (χ2v) is 2.43. The number of thiol groups is 1. The van der Waals surface area contributed by atoms with Crippen LogP contribution in [-0.2, 0) is 9.59 Å². The Labute approximate surface area is 79.2 Å². The molecular formula is C5H9N3O4S. The number of nitrogens with one attached hydrogen (secondary N) is 2. The van der Waals surface area contributed by atoms with E-state index in [1.165, 1.54) is 0 Å². The van der Waals surface area contributed by atoms with Gasteiger partial charge in [0.05, 0.1) is 5.29 Å². The van der Waals surface area contributed by atoms with Crippen LogP contribution in [0.3, 0.4) is 0 Å². The molecule has 0 heterocycles. The predicted octanol–water partition coefficient (Wildman–Crippen LogP) is -1.24. The molecule has 0 spiro atoms. The predicted molar refractivity (Wildman–Crippen MR) is 47.2 cm³/mol. The molecule has 0 bridgehead atoms. The smallest absolute Gasteiger partial charge is 0.322 e. The maximum Gasteiger partial charge on any atom is 0.322 e. The van der Waals surface area contributed by atoms with E-state index in [1.807, 2.05) is 5.43 Å². The Balaban J connectivity index is 3.90. The minimum atomic E-state index is -1.16. The second-order valence-electron chi connectivity index (χ2n) is 2.07. The number of carboxylic acids is 1. The van der Waals surface area contributed by atoms with Crippen molar-refractivity contribution in [1.82, 2.24) is 10.7 Å². The first-order valence-corrected chi connectivity index (χ1v) is 3.93. The van der Waals surface area contributed by atoms with Gasteiger partial charge in [-0.25, -0.2) is 0 Å². The molecule has 74 valence electrons. The molecule has 0 aromatic rings. The number of rotatable bonds is 6. The van der Waals surface area contributed by atoms with Crippen LogP contribution < -0.4 is 10.7 Å². The molecule has 0 radical (unpaired) electrons. The van der Waals surface area contributed by atoms with Crippen molar-refractivity contribution in [1.29, 1.82) is 0 Å². The SMILES string of the molecule is O=NN[C@H](CS)C(=O)NCC(=O)O. The number of aliphatic carboxylic acids is 1. The summed E-state index contributed by atoms with van der Waals surface area (Å²) in [5, 5.41) is 12.6. The van der Waals surface area contributed by atoms with Gasteiger partial charge in [0.15, 0.2) is 0 Å². The summed E-state index contributed by atoms with van der Waals surface area (Å²) in [6, 6.07) is -0.903. The van der Waals surface area contributed by atoms with Crippen LogP contribution in [0.15, 0.2) is 5.29 Å². The lowest BCUT2D eigenvalue weighted by Crippen LogP contribution is -2.44. The average molecular weight is 207 g/mol. The van der Waals surface area contributed by atoms with Crippen LogP contribution in [0.2, 0.25) is 0 Å². The first-order chi connectivity index (χ1) is 6.11. The summed E-state index contributed by atoms with van der Waals surface area (Å²) in [6.07, 6.45) is 0. The molecule has 0 aliphatic heterocycles. The normalized spacial score (nSPS) is 11.5. The van der Waals surface area contributed by atoms with Gasteiger partial charge in [0, 0.05) is 5.75 Å². The lowest BCUT2D eigenvalue weighted by molar-refractivity contribution is -0.138. The van der Waals surface area contributed by atoms with Crippen molar-refractivity contribution >= 4 is 24.5 Å². The Morgan fingerprint density at radius 1 is 1.54 bits per heavy atom. The van der Waals surface area contributed by atoms with Crippen LogP contribution in [0.5, 0.6) is 0 Å². The standard InChI is InChI=1S/C5H9N3O4S/c9-4(10)1-6-5(11)3(2-13)7-8-12/h3,13H,1-2H2,(H,6,11)(H,7,12)(H,9,10)/t3-/m1/s1. The molecule has 0 aromatic heterocycles. The minimum absolute atomic E-state index is 0.0528. The zero-order valence-corrected chi connectivity index (χ0v) is 7.45. The maximum atomic E-state index is 11.0. The third-order valence-corrected chi connectivity index (χ3v) is 1.49. The molecule has 0 aromatic carbocycles. The third kappa shape index (κ3) is 5.01. The molecule has 8 heteroatoms. The van der Waals surface area contributed by atoms with Gasteiger partial charge in [-0.05, 0) is 0 Å². The van der Waals surface area contributed by atoms with Gasteiger partial charge < -0.3 is 10.4 Å². The van der Waals surface area contributed by atoms with Crippen molar-refractivity contribution in [2.45, 2.75) is 6.04 Å².